The predicted molar refractivity (Wildman–Crippen MR) is 116 cm³/mol. The highest BCUT2D eigenvalue weighted by atomic mass is 16.2. The van der Waals surface area contributed by atoms with Crippen LogP contribution in [0.2, 0.25) is 0 Å². The van der Waals surface area contributed by atoms with Crippen molar-refractivity contribution >= 4 is 11.6 Å². The molecule has 0 saturated heterocycles. The Hall–Kier alpha value is -1.31. The van der Waals surface area contributed by atoms with Gasteiger partial charge in [0, 0.05) is 5.69 Å². The van der Waals surface area contributed by atoms with Crippen molar-refractivity contribution < 1.29 is 4.79 Å². The normalized spacial score (nSPS) is 48.8. The smallest absolute Gasteiger partial charge is 0.230 e. The van der Waals surface area contributed by atoms with Gasteiger partial charge in [-0.1, -0.05) is 12.1 Å². The summed E-state index contributed by atoms with van der Waals surface area (Å²) >= 11 is 0. The zero-order valence-corrected chi connectivity index (χ0v) is 17.7. The molecule has 0 aliphatic heterocycles. The molecule has 8 saturated carbocycles. The van der Waals surface area contributed by atoms with E-state index in [0.29, 0.717) is 11.3 Å². The van der Waals surface area contributed by atoms with Crippen molar-refractivity contribution in [2.24, 2.45) is 40.9 Å². The lowest BCUT2D eigenvalue weighted by Gasteiger charge is -2.57. The number of amides is 1. The minimum absolute atomic E-state index is 0.0502. The molecule has 0 radical (unpaired) electrons. The Morgan fingerprint density at radius 3 is 1.72 bits per heavy atom. The number of rotatable bonds is 3. The number of carbonyl (C=O) groups is 1. The van der Waals surface area contributed by atoms with Gasteiger partial charge in [0.2, 0.25) is 5.91 Å². The van der Waals surface area contributed by atoms with Crippen molar-refractivity contribution in [3.05, 3.63) is 29.8 Å². The summed E-state index contributed by atoms with van der Waals surface area (Å²) in [5, 5.41) is 3.43. The van der Waals surface area contributed by atoms with E-state index in [2.05, 4.69) is 29.6 Å². The molecule has 8 aliphatic rings. The summed E-state index contributed by atoms with van der Waals surface area (Å²) in [6.07, 6.45) is 16.3. The number of anilines is 1. The second-order valence-corrected chi connectivity index (χ2v) is 12.4. The molecule has 0 aromatic heterocycles. The minimum atomic E-state index is -0.0502. The molecule has 1 aromatic rings. The van der Waals surface area contributed by atoms with E-state index in [1.54, 1.807) is 0 Å². The number of benzene rings is 1. The highest BCUT2D eigenvalue weighted by molar-refractivity contribution is 5.95. The van der Waals surface area contributed by atoms with Crippen LogP contribution in [-0.2, 0) is 10.2 Å². The van der Waals surface area contributed by atoms with E-state index in [0.717, 1.165) is 60.5 Å². The summed E-state index contributed by atoms with van der Waals surface area (Å²) in [5.74, 6) is 5.71. The topological polar surface area (TPSA) is 29.1 Å². The van der Waals surface area contributed by atoms with Gasteiger partial charge in [-0.3, -0.25) is 4.79 Å². The Morgan fingerprint density at radius 2 is 1.21 bits per heavy atom. The first kappa shape index (κ1) is 17.4. The van der Waals surface area contributed by atoms with Crippen molar-refractivity contribution in [1.29, 1.82) is 0 Å². The largest absolute Gasteiger partial charge is 0.326 e. The van der Waals surface area contributed by atoms with Crippen LogP contribution in [-0.4, -0.2) is 5.91 Å². The molecule has 8 aliphatic carbocycles. The quantitative estimate of drug-likeness (QED) is 0.645. The zero-order valence-electron chi connectivity index (χ0n) is 17.7. The van der Waals surface area contributed by atoms with Crippen molar-refractivity contribution in [1.82, 2.24) is 0 Å². The third kappa shape index (κ3) is 2.63. The Labute approximate surface area is 175 Å². The van der Waals surface area contributed by atoms with E-state index in [1.165, 1.54) is 63.4 Å². The van der Waals surface area contributed by atoms with Crippen LogP contribution < -0.4 is 5.32 Å². The first-order valence-corrected chi connectivity index (χ1v) is 12.5. The molecular weight excluding hydrogens is 354 g/mol. The van der Waals surface area contributed by atoms with Crippen molar-refractivity contribution in [3.63, 3.8) is 0 Å². The molecule has 0 spiro atoms. The molecule has 9 rings (SSSR count). The Morgan fingerprint density at radius 1 is 0.724 bits per heavy atom. The van der Waals surface area contributed by atoms with Gasteiger partial charge in [0.05, 0.1) is 5.41 Å². The summed E-state index contributed by atoms with van der Waals surface area (Å²) in [6, 6.07) is 9.09. The lowest BCUT2D eigenvalue weighted by Crippen LogP contribution is -2.51. The van der Waals surface area contributed by atoms with Crippen molar-refractivity contribution in [3.8, 4) is 0 Å². The van der Waals surface area contributed by atoms with E-state index < -0.39 is 0 Å². The van der Waals surface area contributed by atoms with Gasteiger partial charge in [-0.2, -0.15) is 0 Å². The molecule has 2 nitrogen and oxygen atoms in total. The summed E-state index contributed by atoms with van der Waals surface area (Å²) in [7, 11) is 0. The molecule has 29 heavy (non-hydrogen) atoms. The molecule has 1 amide bonds. The summed E-state index contributed by atoms with van der Waals surface area (Å²) < 4.78 is 0. The van der Waals surface area contributed by atoms with Crippen LogP contribution in [0.5, 0.6) is 0 Å². The third-order valence-electron chi connectivity index (χ3n) is 10.3. The van der Waals surface area contributed by atoms with Gasteiger partial charge in [0.1, 0.15) is 0 Å². The molecule has 8 bridgehead atoms. The average molecular weight is 390 g/mol. The molecule has 0 heterocycles. The molecule has 0 unspecified atom stereocenters. The second-order valence-electron chi connectivity index (χ2n) is 12.4. The van der Waals surface area contributed by atoms with Crippen molar-refractivity contribution in [2.75, 3.05) is 5.32 Å². The summed E-state index contributed by atoms with van der Waals surface area (Å²) in [4.78, 5) is 13.5. The van der Waals surface area contributed by atoms with Crippen LogP contribution in [0.1, 0.15) is 82.6 Å². The zero-order chi connectivity index (χ0) is 19.2. The average Bonchev–Trinajstić information content (AvgIpc) is 2.66. The molecule has 154 valence electrons. The van der Waals surface area contributed by atoms with Gasteiger partial charge >= 0.3 is 0 Å². The van der Waals surface area contributed by atoms with Crippen LogP contribution in [0.3, 0.4) is 0 Å². The summed E-state index contributed by atoms with van der Waals surface area (Å²) in [5.41, 5.74) is 2.96. The highest BCUT2D eigenvalue weighted by Gasteiger charge is 2.55. The Kier molecular flexibility index (Phi) is 3.53. The fourth-order valence-corrected chi connectivity index (χ4v) is 10.0. The molecule has 8 fully saturated rings. The number of hydrogen-bond acceptors (Lipinski definition) is 1. The van der Waals surface area contributed by atoms with Gasteiger partial charge in [-0.05, 0) is 136 Å². The number of carbonyl (C=O) groups excluding carboxylic acids is 1. The maximum Gasteiger partial charge on any atom is 0.230 e. The number of hydrogen-bond donors (Lipinski definition) is 1. The van der Waals surface area contributed by atoms with Crippen molar-refractivity contribution in [2.45, 2.75) is 82.5 Å². The Bertz CT molecular complexity index is 783. The van der Waals surface area contributed by atoms with Crippen LogP contribution in [0.4, 0.5) is 5.69 Å². The van der Waals surface area contributed by atoms with E-state index >= 15 is 0 Å². The van der Waals surface area contributed by atoms with Gasteiger partial charge in [0.15, 0.2) is 0 Å². The standard InChI is InChI=1S/C27H35NO/c29-25(27-14-20-7-21(15-27)9-22(8-20)16-27)28-24-3-1-2-23(10-24)26-11-17-4-18(12-26)6-19(5-17)13-26/h1-3,10,17-22H,4-9,11-16H2,(H,28,29). The second kappa shape index (κ2) is 5.89. The fourth-order valence-electron chi connectivity index (χ4n) is 10.0. The third-order valence-corrected chi connectivity index (χ3v) is 10.3. The van der Waals surface area contributed by atoms with Crippen LogP contribution in [0.15, 0.2) is 24.3 Å². The van der Waals surface area contributed by atoms with E-state index in [1.807, 2.05) is 0 Å². The van der Waals surface area contributed by atoms with Gasteiger partial charge in [-0.15, -0.1) is 0 Å². The maximum absolute atomic E-state index is 13.5. The van der Waals surface area contributed by atoms with Gasteiger partial charge in [0.25, 0.3) is 0 Å². The van der Waals surface area contributed by atoms with Crippen LogP contribution >= 0.6 is 0 Å². The van der Waals surface area contributed by atoms with E-state index in [4.69, 9.17) is 0 Å². The lowest BCUT2D eigenvalue weighted by molar-refractivity contribution is -0.140. The van der Waals surface area contributed by atoms with Gasteiger partial charge in [-0.25, -0.2) is 0 Å². The Balaban J connectivity index is 1.15. The maximum atomic E-state index is 13.5. The monoisotopic (exact) mass is 389 g/mol. The SMILES string of the molecule is O=C(Nc1cccc(C23CC4CC(CC(C4)C2)C3)c1)C12CC3CC(CC(C3)C1)C2. The molecule has 0 atom stereocenters. The number of nitrogens with one attached hydrogen (secondary N) is 1. The molecule has 1 aromatic carbocycles. The minimum Gasteiger partial charge on any atom is -0.326 e. The molecule has 1 N–H and O–H groups in total. The predicted octanol–water partition coefficient (Wildman–Crippen LogP) is 6.31. The van der Waals surface area contributed by atoms with Crippen LogP contribution in [0, 0.1) is 40.9 Å². The first-order valence-electron chi connectivity index (χ1n) is 12.5. The van der Waals surface area contributed by atoms with Crippen LogP contribution in [0.25, 0.3) is 0 Å². The van der Waals surface area contributed by atoms with E-state index in [-0.39, 0.29) is 5.41 Å². The lowest BCUT2D eigenvalue weighted by atomic mass is 9.48. The van der Waals surface area contributed by atoms with Gasteiger partial charge < -0.3 is 5.32 Å². The summed E-state index contributed by atoms with van der Waals surface area (Å²) in [6.45, 7) is 0. The molecular formula is C27H35NO. The highest BCUT2D eigenvalue weighted by Crippen LogP contribution is 2.62. The molecule has 2 heteroatoms. The first-order chi connectivity index (χ1) is 14.1. The fraction of sp³-hybridized carbons (Fsp3) is 0.741. The van der Waals surface area contributed by atoms with E-state index in [9.17, 15) is 4.79 Å².